The average Bonchev–Trinajstić information content (AvgIpc) is 3.20. The maximum atomic E-state index is 12.7. The van der Waals surface area contributed by atoms with E-state index >= 15 is 0 Å². The number of hydrogen-bond acceptors (Lipinski definition) is 8. The van der Waals surface area contributed by atoms with Crippen LogP contribution in [-0.4, -0.2) is 51.7 Å². The molecular formula is C25H26N2O6S2. The van der Waals surface area contributed by atoms with Gasteiger partial charge in [0.05, 0.1) is 24.7 Å². The van der Waals surface area contributed by atoms with Crippen molar-refractivity contribution < 1.29 is 27.5 Å². The van der Waals surface area contributed by atoms with Crippen LogP contribution in [0.3, 0.4) is 0 Å². The topological polar surface area (TPSA) is 102 Å². The number of nitrogens with one attached hydrogen (secondary N) is 1. The Bertz CT molecular complexity index is 1320. The number of rotatable bonds is 8. The zero-order chi connectivity index (χ0) is 25.0. The molecule has 1 aliphatic heterocycles. The summed E-state index contributed by atoms with van der Waals surface area (Å²) in [6, 6.07) is 15.9. The summed E-state index contributed by atoms with van der Waals surface area (Å²) in [5.74, 6) is -1.50. The van der Waals surface area contributed by atoms with E-state index in [0.717, 1.165) is 23.5 Å². The van der Waals surface area contributed by atoms with Crippen LogP contribution in [0.15, 0.2) is 59.5 Å². The minimum Gasteiger partial charge on any atom is -0.497 e. The summed E-state index contributed by atoms with van der Waals surface area (Å²) in [6.45, 7) is 2.15. The Morgan fingerprint density at radius 1 is 1.06 bits per heavy atom. The van der Waals surface area contributed by atoms with E-state index in [1.165, 1.54) is 55.4 Å². The van der Waals surface area contributed by atoms with Gasteiger partial charge in [0.2, 0.25) is 5.91 Å². The lowest BCUT2D eigenvalue weighted by molar-refractivity contribution is -0.113. The van der Waals surface area contributed by atoms with E-state index in [-0.39, 0.29) is 4.90 Å². The molecule has 1 aliphatic rings. The Kier molecular flexibility index (Phi) is 7.54. The van der Waals surface area contributed by atoms with Gasteiger partial charge in [-0.2, -0.15) is 0 Å². The smallest absolute Gasteiger partial charge is 0.341 e. The number of thiophene rings is 1. The molecule has 3 aromatic rings. The van der Waals surface area contributed by atoms with Crippen LogP contribution in [0, 0.1) is 0 Å². The van der Waals surface area contributed by atoms with Crippen molar-refractivity contribution in [2.75, 3.05) is 31.8 Å². The van der Waals surface area contributed by atoms with Crippen molar-refractivity contribution in [3.63, 3.8) is 0 Å². The summed E-state index contributed by atoms with van der Waals surface area (Å²) in [5, 5.41) is 2.97. The molecule has 0 bridgehead atoms. The second kappa shape index (κ2) is 10.6. The van der Waals surface area contributed by atoms with E-state index in [0.29, 0.717) is 29.3 Å². The number of anilines is 1. The third-order valence-corrected chi connectivity index (χ3v) is 8.53. The number of benzene rings is 2. The predicted octanol–water partition coefficient (Wildman–Crippen LogP) is 3.51. The van der Waals surface area contributed by atoms with Gasteiger partial charge in [-0.15, -0.1) is 11.3 Å². The summed E-state index contributed by atoms with van der Waals surface area (Å²) in [4.78, 5) is 28.6. The van der Waals surface area contributed by atoms with E-state index in [2.05, 4.69) is 22.3 Å². The molecule has 2 aromatic carbocycles. The summed E-state index contributed by atoms with van der Waals surface area (Å²) >= 11 is 1.29. The lowest BCUT2D eigenvalue weighted by atomic mass is 10.0. The highest BCUT2D eigenvalue weighted by atomic mass is 32.2. The molecule has 0 saturated heterocycles. The molecule has 1 amide bonds. The maximum absolute atomic E-state index is 12.7. The fourth-order valence-electron chi connectivity index (χ4n) is 4.04. The lowest BCUT2D eigenvalue weighted by Crippen LogP contribution is -2.29. The van der Waals surface area contributed by atoms with Crippen molar-refractivity contribution in [3.8, 4) is 5.75 Å². The molecule has 0 fully saturated rings. The van der Waals surface area contributed by atoms with Crippen molar-refractivity contribution in [2.24, 2.45) is 0 Å². The maximum Gasteiger partial charge on any atom is 0.341 e. The number of carbonyl (C=O) groups is 2. The first kappa shape index (κ1) is 24.9. The van der Waals surface area contributed by atoms with Crippen molar-refractivity contribution in [2.45, 2.75) is 24.4 Å². The Morgan fingerprint density at radius 3 is 2.43 bits per heavy atom. The molecule has 2 heterocycles. The molecule has 0 unspecified atom stereocenters. The van der Waals surface area contributed by atoms with E-state index in [4.69, 9.17) is 9.47 Å². The highest BCUT2D eigenvalue weighted by Gasteiger charge is 2.30. The average molecular weight is 515 g/mol. The largest absolute Gasteiger partial charge is 0.497 e. The fraction of sp³-hybridized carbons (Fsp3) is 0.280. The monoisotopic (exact) mass is 514 g/mol. The number of esters is 1. The van der Waals surface area contributed by atoms with Crippen LogP contribution in [0.5, 0.6) is 5.75 Å². The molecule has 4 rings (SSSR count). The number of sulfone groups is 1. The van der Waals surface area contributed by atoms with Crippen LogP contribution in [0.4, 0.5) is 5.00 Å². The lowest BCUT2D eigenvalue weighted by Gasteiger charge is -2.27. The van der Waals surface area contributed by atoms with Gasteiger partial charge < -0.3 is 14.8 Å². The highest BCUT2D eigenvalue weighted by Crippen LogP contribution is 2.38. The van der Waals surface area contributed by atoms with Gasteiger partial charge in [0.25, 0.3) is 0 Å². The summed E-state index contributed by atoms with van der Waals surface area (Å²) in [7, 11) is -1.10. The number of hydrogen-bond donors (Lipinski definition) is 1. The van der Waals surface area contributed by atoms with Crippen LogP contribution >= 0.6 is 11.3 Å². The quantitative estimate of drug-likeness (QED) is 0.459. The van der Waals surface area contributed by atoms with Gasteiger partial charge >= 0.3 is 5.97 Å². The van der Waals surface area contributed by atoms with Crippen molar-refractivity contribution in [3.05, 3.63) is 76.2 Å². The molecule has 0 spiro atoms. The molecule has 184 valence electrons. The second-order valence-corrected chi connectivity index (χ2v) is 11.2. The Morgan fingerprint density at radius 2 is 1.77 bits per heavy atom. The number of nitrogens with zero attached hydrogens (tertiary/aromatic N) is 1. The molecule has 35 heavy (non-hydrogen) atoms. The standard InChI is InChI=1S/C25H26N2O6S2/c1-32-18-8-10-19(11-9-18)35(30,31)16-22(28)26-24-23(25(29)33-2)20-12-13-27(15-21(20)34-24)14-17-6-4-3-5-7-17/h3-11H,12-16H2,1-2H3,(H,26,28). The van der Waals surface area contributed by atoms with Crippen molar-refractivity contribution >= 4 is 38.1 Å². The van der Waals surface area contributed by atoms with Crippen LogP contribution in [0.2, 0.25) is 0 Å². The van der Waals surface area contributed by atoms with Crippen LogP contribution in [-0.2, 0) is 38.9 Å². The second-order valence-electron chi connectivity index (χ2n) is 8.13. The van der Waals surface area contributed by atoms with Gasteiger partial charge in [0, 0.05) is 24.5 Å². The normalized spacial score (nSPS) is 13.7. The number of methoxy groups -OCH3 is 2. The molecule has 8 nitrogen and oxygen atoms in total. The van der Waals surface area contributed by atoms with Crippen LogP contribution < -0.4 is 10.1 Å². The molecule has 0 radical (unpaired) electrons. The van der Waals surface area contributed by atoms with Crippen molar-refractivity contribution in [1.82, 2.24) is 4.90 Å². The van der Waals surface area contributed by atoms with E-state index in [1.807, 2.05) is 18.2 Å². The minimum absolute atomic E-state index is 0.0173. The van der Waals surface area contributed by atoms with Crippen LogP contribution in [0.25, 0.3) is 0 Å². The zero-order valence-electron chi connectivity index (χ0n) is 19.4. The summed E-state index contributed by atoms with van der Waals surface area (Å²) < 4.78 is 35.5. The van der Waals surface area contributed by atoms with Gasteiger partial charge in [-0.25, -0.2) is 13.2 Å². The van der Waals surface area contributed by atoms with Crippen molar-refractivity contribution in [1.29, 1.82) is 0 Å². The minimum atomic E-state index is -3.88. The molecule has 1 N–H and O–H groups in total. The molecule has 1 aromatic heterocycles. The number of ether oxygens (including phenoxy) is 2. The zero-order valence-corrected chi connectivity index (χ0v) is 21.1. The van der Waals surface area contributed by atoms with Gasteiger partial charge in [-0.1, -0.05) is 30.3 Å². The summed E-state index contributed by atoms with van der Waals surface area (Å²) in [6.07, 6.45) is 0.628. The van der Waals surface area contributed by atoms with E-state index in [1.54, 1.807) is 0 Å². The molecule has 0 aliphatic carbocycles. The number of carbonyl (C=O) groups excluding carboxylic acids is 2. The number of amides is 1. The van der Waals surface area contributed by atoms with E-state index in [9.17, 15) is 18.0 Å². The first-order chi connectivity index (χ1) is 16.8. The molecular weight excluding hydrogens is 488 g/mol. The van der Waals surface area contributed by atoms with E-state index < -0.39 is 27.5 Å². The Balaban J connectivity index is 1.52. The Labute approximate surface area is 208 Å². The first-order valence-electron chi connectivity index (χ1n) is 11.0. The fourth-order valence-corrected chi connectivity index (χ4v) is 6.47. The predicted molar refractivity (Wildman–Crippen MR) is 134 cm³/mol. The molecule has 0 saturated carbocycles. The number of fused-ring (bicyclic) bond motifs is 1. The molecule has 0 atom stereocenters. The van der Waals surface area contributed by atoms with Gasteiger partial charge in [-0.05, 0) is 41.8 Å². The highest BCUT2D eigenvalue weighted by molar-refractivity contribution is 7.92. The third kappa shape index (κ3) is 5.72. The third-order valence-electron chi connectivity index (χ3n) is 5.77. The summed E-state index contributed by atoms with van der Waals surface area (Å²) in [5.41, 5.74) is 2.35. The Hall–Kier alpha value is -3.21. The molecule has 10 heteroatoms. The van der Waals surface area contributed by atoms with Crippen LogP contribution in [0.1, 0.15) is 26.4 Å². The van der Waals surface area contributed by atoms with Gasteiger partial charge in [0.1, 0.15) is 16.5 Å². The van der Waals surface area contributed by atoms with Gasteiger partial charge in [0.15, 0.2) is 9.84 Å². The SMILES string of the molecule is COC(=O)c1c(NC(=O)CS(=O)(=O)c2ccc(OC)cc2)sc2c1CCN(Cc1ccccc1)C2. The first-order valence-corrected chi connectivity index (χ1v) is 13.4. The van der Waals surface area contributed by atoms with Gasteiger partial charge in [-0.3, -0.25) is 9.69 Å².